The molecule has 0 aliphatic rings. The lowest BCUT2D eigenvalue weighted by molar-refractivity contribution is -0.116. The third kappa shape index (κ3) is 5.14. The van der Waals surface area contributed by atoms with Crippen molar-refractivity contribution in [3.63, 3.8) is 0 Å². The van der Waals surface area contributed by atoms with Gasteiger partial charge in [0, 0.05) is 25.7 Å². The molecule has 0 heterocycles. The van der Waals surface area contributed by atoms with Gasteiger partial charge in [-0.2, -0.15) is 0 Å². The highest BCUT2D eigenvalue weighted by molar-refractivity contribution is 7.89. The van der Waals surface area contributed by atoms with Gasteiger partial charge in [-0.25, -0.2) is 13.1 Å². The predicted molar refractivity (Wildman–Crippen MR) is 100 cm³/mol. The average molecular weight is 360 g/mol. The minimum Gasteiger partial charge on any atom is -0.311 e. The molecule has 2 aromatic carbocycles. The van der Waals surface area contributed by atoms with Crippen molar-refractivity contribution in [2.75, 3.05) is 18.0 Å². The molecule has 0 aliphatic carbocycles. The SMILES string of the molecule is CC(=O)N(CCNS(=O)(=O)c1ccc(C(C)C)cc1)c1ccccc1. The number of nitrogens with one attached hydrogen (secondary N) is 1. The molecule has 0 saturated heterocycles. The summed E-state index contributed by atoms with van der Waals surface area (Å²) in [5.41, 5.74) is 1.83. The Labute approximate surface area is 149 Å². The second kappa shape index (κ2) is 8.27. The first kappa shape index (κ1) is 19.1. The van der Waals surface area contributed by atoms with Crippen LogP contribution in [-0.2, 0) is 14.8 Å². The topological polar surface area (TPSA) is 66.5 Å². The predicted octanol–water partition coefficient (Wildman–Crippen LogP) is 3.14. The molecule has 0 fully saturated rings. The molecule has 1 amide bonds. The second-order valence-corrected chi connectivity index (χ2v) is 7.89. The maximum atomic E-state index is 12.4. The van der Waals surface area contributed by atoms with Gasteiger partial charge in [-0.1, -0.05) is 44.2 Å². The van der Waals surface area contributed by atoms with Gasteiger partial charge >= 0.3 is 0 Å². The van der Waals surface area contributed by atoms with Crippen molar-refractivity contribution in [2.45, 2.75) is 31.6 Å². The molecule has 0 bridgehead atoms. The fraction of sp³-hybridized carbons (Fsp3) is 0.316. The summed E-state index contributed by atoms with van der Waals surface area (Å²) in [6, 6.07) is 16.1. The lowest BCUT2D eigenvalue weighted by Crippen LogP contribution is -2.37. The number of rotatable bonds is 7. The number of amides is 1. The van der Waals surface area contributed by atoms with Crippen molar-refractivity contribution in [3.8, 4) is 0 Å². The molecule has 2 aromatic rings. The Morgan fingerprint density at radius 2 is 1.64 bits per heavy atom. The Bertz CT molecular complexity index is 800. The van der Waals surface area contributed by atoms with Crippen LogP contribution in [0.2, 0.25) is 0 Å². The summed E-state index contributed by atoms with van der Waals surface area (Å²) in [4.78, 5) is 13.6. The van der Waals surface area contributed by atoms with Gasteiger partial charge in [0.2, 0.25) is 15.9 Å². The van der Waals surface area contributed by atoms with Crippen LogP contribution in [0.5, 0.6) is 0 Å². The van der Waals surface area contributed by atoms with Crippen molar-refractivity contribution in [2.24, 2.45) is 0 Å². The number of carbonyl (C=O) groups excluding carboxylic acids is 1. The molecule has 25 heavy (non-hydrogen) atoms. The Balaban J connectivity index is 2.02. The van der Waals surface area contributed by atoms with E-state index in [4.69, 9.17) is 0 Å². The lowest BCUT2D eigenvalue weighted by Gasteiger charge is -2.21. The molecule has 134 valence electrons. The molecule has 0 saturated carbocycles. The summed E-state index contributed by atoms with van der Waals surface area (Å²) in [5.74, 6) is 0.214. The van der Waals surface area contributed by atoms with Crippen LogP contribution in [0.4, 0.5) is 5.69 Å². The molecule has 5 nitrogen and oxygen atoms in total. The van der Waals surface area contributed by atoms with Crippen LogP contribution in [0.25, 0.3) is 0 Å². The van der Waals surface area contributed by atoms with Crippen LogP contribution in [0.1, 0.15) is 32.3 Å². The summed E-state index contributed by atoms with van der Waals surface area (Å²) in [6.45, 7) is 5.99. The quantitative estimate of drug-likeness (QED) is 0.825. The van der Waals surface area contributed by atoms with E-state index in [1.807, 2.05) is 42.5 Å². The molecule has 0 radical (unpaired) electrons. The zero-order chi connectivity index (χ0) is 18.4. The second-order valence-electron chi connectivity index (χ2n) is 6.13. The van der Waals surface area contributed by atoms with E-state index in [1.165, 1.54) is 6.92 Å². The van der Waals surface area contributed by atoms with Crippen LogP contribution < -0.4 is 9.62 Å². The highest BCUT2D eigenvalue weighted by Gasteiger charge is 2.16. The molecule has 0 aliphatic heterocycles. The first-order valence-corrected chi connectivity index (χ1v) is 9.72. The number of benzene rings is 2. The van der Waals surface area contributed by atoms with Gasteiger partial charge in [0.05, 0.1) is 4.90 Å². The summed E-state index contributed by atoms with van der Waals surface area (Å²) in [5, 5.41) is 0. The van der Waals surface area contributed by atoms with E-state index in [1.54, 1.807) is 17.0 Å². The Morgan fingerprint density at radius 1 is 1.04 bits per heavy atom. The van der Waals surface area contributed by atoms with E-state index in [0.717, 1.165) is 11.3 Å². The third-order valence-corrected chi connectivity index (χ3v) is 5.41. The fourth-order valence-corrected chi connectivity index (χ4v) is 3.50. The van der Waals surface area contributed by atoms with Gasteiger partial charge in [0.1, 0.15) is 0 Å². The average Bonchev–Trinajstić information content (AvgIpc) is 2.59. The number of carbonyl (C=O) groups is 1. The molecule has 0 spiro atoms. The van der Waals surface area contributed by atoms with E-state index in [2.05, 4.69) is 18.6 Å². The fourth-order valence-electron chi connectivity index (χ4n) is 2.48. The Kier molecular flexibility index (Phi) is 6.33. The number of anilines is 1. The van der Waals surface area contributed by atoms with E-state index >= 15 is 0 Å². The normalized spacial score (nSPS) is 11.5. The van der Waals surface area contributed by atoms with Crippen LogP contribution in [0, 0.1) is 0 Å². The summed E-state index contributed by atoms with van der Waals surface area (Å²) < 4.78 is 27.3. The maximum absolute atomic E-state index is 12.4. The summed E-state index contributed by atoms with van der Waals surface area (Å²) >= 11 is 0. The molecular formula is C19H24N2O3S. The molecule has 6 heteroatoms. The third-order valence-electron chi connectivity index (χ3n) is 3.93. The molecular weight excluding hydrogens is 336 g/mol. The largest absolute Gasteiger partial charge is 0.311 e. The first-order chi connectivity index (χ1) is 11.8. The Hall–Kier alpha value is -2.18. The van der Waals surface area contributed by atoms with E-state index in [9.17, 15) is 13.2 Å². The van der Waals surface area contributed by atoms with Gasteiger partial charge in [0.25, 0.3) is 0 Å². The summed E-state index contributed by atoms with van der Waals surface area (Å²) in [6.07, 6.45) is 0. The van der Waals surface area contributed by atoms with Crippen molar-refractivity contribution in [1.82, 2.24) is 4.72 Å². The minimum atomic E-state index is -3.59. The Morgan fingerprint density at radius 3 is 2.16 bits per heavy atom. The van der Waals surface area contributed by atoms with Crippen molar-refractivity contribution >= 4 is 21.6 Å². The van der Waals surface area contributed by atoms with Gasteiger partial charge in [0.15, 0.2) is 0 Å². The first-order valence-electron chi connectivity index (χ1n) is 8.24. The van der Waals surface area contributed by atoms with Gasteiger partial charge in [-0.3, -0.25) is 4.79 Å². The number of hydrogen-bond acceptors (Lipinski definition) is 3. The highest BCUT2D eigenvalue weighted by atomic mass is 32.2. The zero-order valence-corrected chi connectivity index (χ0v) is 15.6. The number of para-hydroxylation sites is 1. The minimum absolute atomic E-state index is 0.133. The van der Waals surface area contributed by atoms with Crippen molar-refractivity contribution in [1.29, 1.82) is 0 Å². The monoisotopic (exact) mass is 360 g/mol. The van der Waals surface area contributed by atoms with Crippen LogP contribution in [-0.4, -0.2) is 27.4 Å². The number of nitrogens with zero attached hydrogens (tertiary/aromatic N) is 1. The highest BCUT2D eigenvalue weighted by Crippen LogP contribution is 2.17. The molecule has 0 aromatic heterocycles. The van der Waals surface area contributed by atoms with Crippen LogP contribution in [0.3, 0.4) is 0 Å². The van der Waals surface area contributed by atoms with Crippen LogP contribution >= 0.6 is 0 Å². The van der Waals surface area contributed by atoms with E-state index in [-0.39, 0.29) is 23.9 Å². The zero-order valence-electron chi connectivity index (χ0n) is 14.8. The van der Waals surface area contributed by atoms with Crippen molar-refractivity contribution in [3.05, 3.63) is 60.2 Å². The molecule has 0 unspecified atom stereocenters. The van der Waals surface area contributed by atoms with Crippen molar-refractivity contribution < 1.29 is 13.2 Å². The smallest absolute Gasteiger partial charge is 0.240 e. The number of sulfonamides is 1. The molecule has 0 atom stereocenters. The summed E-state index contributed by atoms with van der Waals surface area (Å²) in [7, 11) is -3.59. The van der Waals surface area contributed by atoms with Gasteiger partial charge in [-0.15, -0.1) is 0 Å². The lowest BCUT2D eigenvalue weighted by atomic mass is 10.0. The standard InChI is InChI=1S/C19H24N2O3S/c1-15(2)17-9-11-19(12-10-17)25(23,24)20-13-14-21(16(3)22)18-7-5-4-6-8-18/h4-12,15,20H,13-14H2,1-3H3. The molecule has 2 rings (SSSR count). The van der Waals surface area contributed by atoms with E-state index in [0.29, 0.717) is 5.92 Å². The van der Waals surface area contributed by atoms with Gasteiger partial charge in [-0.05, 0) is 35.7 Å². The maximum Gasteiger partial charge on any atom is 0.240 e. The van der Waals surface area contributed by atoms with Crippen LogP contribution in [0.15, 0.2) is 59.5 Å². The number of hydrogen-bond donors (Lipinski definition) is 1. The van der Waals surface area contributed by atoms with Gasteiger partial charge < -0.3 is 4.90 Å². The van der Waals surface area contributed by atoms with E-state index < -0.39 is 10.0 Å². The molecule has 1 N–H and O–H groups in total.